The van der Waals surface area contributed by atoms with Crippen LogP contribution >= 0.6 is 11.3 Å². The van der Waals surface area contributed by atoms with E-state index in [1.807, 2.05) is 25.1 Å². The van der Waals surface area contributed by atoms with E-state index in [1.54, 1.807) is 7.05 Å². The van der Waals surface area contributed by atoms with E-state index in [4.69, 9.17) is 0 Å². The predicted octanol–water partition coefficient (Wildman–Crippen LogP) is 3.65. The quantitative estimate of drug-likeness (QED) is 0.613. The Labute approximate surface area is 148 Å². The smallest absolute Gasteiger partial charge is 0.277 e. The highest BCUT2D eigenvalue weighted by molar-refractivity contribution is 7.16. The van der Waals surface area contributed by atoms with Gasteiger partial charge in [0, 0.05) is 17.5 Å². The van der Waals surface area contributed by atoms with Crippen molar-refractivity contribution < 1.29 is 4.79 Å². The van der Waals surface area contributed by atoms with Crippen LogP contribution in [0.3, 0.4) is 0 Å². The van der Waals surface area contributed by atoms with Crippen molar-refractivity contribution in [3.8, 4) is 11.3 Å². The number of hydrogen-bond donors (Lipinski definition) is 1. The first-order chi connectivity index (χ1) is 12.1. The summed E-state index contributed by atoms with van der Waals surface area (Å²) >= 11 is 1.46. The molecular weight excluding hydrogens is 334 g/mol. The molecule has 124 valence electrons. The van der Waals surface area contributed by atoms with E-state index in [1.165, 1.54) is 27.6 Å². The number of anilines is 1. The van der Waals surface area contributed by atoms with Gasteiger partial charge in [-0.2, -0.15) is 0 Å². The van der Waals surface area contributed by atoms with Crippen molar-refractivity contribution in [2.45, 2.75) is 6.92 Å². The Morgan fingerprint density at radius 3 is 2.76 bits per heavy atom. The molecule has 0 spiro atoms. The molecule has 1 N–H and O–H groups in total. The number of nitrogens with one attached hydrogen (secondary N) is 1. The van der Waals surface area contributed by atoms with Crippen molar-refractivity contribution >= 4 is 33.1 Å². The van der Waals surface area contributed by atoms with Gasteiger partial charge < -0.3 is 0 Å². The van der Waals surface area contributed by atoms with Gasteiger partial charge in [-0.3, -0.25) is 10.1 Å². The number of carbonyl (C=O) groups is 1. The van der Waals surface area contributed by atoms with Gasteiger partial charge in [0.05, 0.1) is 11.9 Å². The Hall–Kier alpha value is -3.06. The molecule has 0 aliphatic carbocycles. The highest BCUT2D eigenvalue weighted by atomic mass is 32.1. The summed E-state index contributed by atoms with van der Waals surface area (Å²) in [6, 6.07) is 14.4. The Morgan fingerprint density at radius 2 is 1.96 bits per heavy atom. The van der Waals surface area contributed by atoms with Crippen LogP contribution in [0.1, 0.15) is 15.4 Å². The average Bonchev–Trinajstić information content (AvgIpc) is 3.20. The first-order valence-corrected chi connectivity index (χ1v) is 8.57. The number of carbonyl (C=O) groups excluding carboxylic acids is 1. The van der Waals surface area contributed by atoms with E-state index in [9.17, 15) is 4.79 Å². The summed E-state index contributed by atoms with van der Waals surface area (Å²) < 4.78 is 1.43. The van der Waals surface area contributed by atoms with Gasteiger partial charge >= 0.3 is 0 Å². The summed E-state index contributed by atoms with van der Waals surface area (Å²) in [5.41, 5.74) is 2.34. The number of aromatic nitrogens is 4. The van der Waals surface area contributed by atoms with Crippen molar-refractivity contribution in [3.05, 3.63) is 59.2 Å². The molecule has 0 aliphatic rings. The average molecular weight is 349 g/mol. The minimum Gasteiger partial charge on any atom is -0.296 e. The maximum absolute atomic E-state index is 12.3. The molecule has 7 heteroatoms. The third-order valence-corrected chi connectivity index (χ3v) is 4.90. The summed E-state index contributed by atoms with van der Waals surface area (Å²) in [6.07, 6.45) is 1.43. The maximum Gasteiger partial charge on any atom is 0.277 e. The molecule has 0 radical (unpaired) electrons. The van der Waals surface area contributed by atoms with Gasteiger partial charge in [-0.1, -0.05) is 47.7 Å². The lowest BCUT2D eigenvalue weighted by atomic mass is 10.0. The summed E-state index contributed by atoms with van der Waals surface area (Å²) in [5, 5.41) is 13.2. The summed E-state index contributed by atoms with van der Waals surface area (Å²) in [7, 11) is 1.68. The molecule has 0 saturated carbocycles. The molecule has 0 bridgehead atoms. The Balaban J connectivity index is 1.71. The maximum atomic E-state index is 12.3. The second-order valence-electron chi connectivity index (χ2n) is 5.65. The van der Waals surface area contributed by atoms with Gasteiger partial charge in [0.2, 0.25) is 0 Å². The summed E-state index contributed by atoms with van der Waals surface area (Å²) in [5.74, 6) is -0.272. The fourth-order valence-electron chi connectivity index (χ4n) is 2.79. The van der Waals surface area contributed by atoms with Crippen LogP contribution in [-0.4, -0.2) is 25.9 Å². The molecule has 4 aromatic rings. The topological polar surface area (TPSA) is 72.7 Å². The van der Waals surface area contributed by atoms with Crippen LogP contribution in [-0.2, 0) is 7.05 Å². The minimum atomic E-state index is -0.272. The number of benzene rings is 2. The monoisotopic (exact) mass is 349 g/mol. The lowest BCUT2D eigenvalue weighted by molar-refractivity contribution is 0.101. The third kappa shape index (κ3) is 2.78. The second-order valence-corrected chi connectivity index (χ2v) is 6.85. The van der Waals surface area contributed by atoms with Gasteiger partial charge in [-0.25, -0.2) is 9.67 Å². The molecule has 2 heterocycles. The number of rotatable bonds is 3. The van der Waals surface area contributed by atoms with Crippen molar-refractivity contribution in [1.82, 2.24) is 20.0 Å². The Morgan fingerprint density at radius 1 is 1.16 bits per heavy atom. The number of thiazole rings is 1. The lowest BCUT2D eigenvalue weighted by Gasteiger charge is -2.05. The van der Waals surface area contributed by atoms with Gasteiger partial charge in [0.25, 0.3) is 5.91 Å². The Bertz CT molecular complexity index is 1080. The number of fused-ring (bicyclic) bond motifs is 1. The predicted molar refractivity (Wildman–Crippen MR) is 98.7 cm³/mol. The van der Waals surface area contributed by atoms with E-state index in [-0.39, 0.29) is 5.91 Å². The van der Waals surface area contributed by atoms with Crippen LogP contribution < -0.4 is 5.32 Å². The van der Waals surface area contributed by atoms with Crippen LogP contribution in [0.2, 0.25) is 0 Å². The lowest BCUT2D eigenvalue weighted by Crippen LogP contribution is -2.15. The fraction of sp³-hybridized carbons (Fsp3) is 0.111. The Kier molecular flexibility index (Phi) is 3.77. The van der Waals surface area contributed by atoms with E-state index < -0.39 is 0 Å². The molecule has 25 heavy (non-hydrogen) atoms. The first kappa shape index (κ1) is 15.5. The van der Waals surface area contributed by atoms with Crippen LogP contribution in [0.15, 0.2) is 48.7 Å². The first-order valence-electron chi connectivity index (χ1n) is 7.75. The largest absolute Gasteiger partial charge is 0.296 e. The zero-order chi connectivity index (χ0) is 17.4. The van der Waals surface area contributed by atoms with Crippen molar-refractivity contribution in [3.63, 3.8) is 0 Å². The van der Waals surface area contributed by atoms with Crippen LogP contribution in [0.5, 0.6) is 0 Å². The number of aryl methyl sites for hydroxylation is 2. The van der Waals surface area contributed by atoms with Crippen LogP contribution in [0.25, 0.3) is 22.0 Å². The number of nitrogens with zero attached hydrogens (tertiary/aromatic N) is 4. The third-order valence-electron chi connectivity index (χ3n) is 4.01. The minimum absolute atomic E-state index is 0.272. The van der Waals surface area contributed by atoms with Gasteiger partial charge in [-0.15, -0.1) is 16.4 Å². The van der Waals surface area contributed by atoms with Gasteiger partial charge in [-0.05, 0) is 17.7 Å². The normalized spacial score (nSPS) is 11.0. The van der Waals surface area contributed by atoms with Gasteiger partial charge in [0.15, 0.2) is 5.13 Å². The molecule has 0 saturated heterocycles. The zero-order valence-electron chi connectivity index (χ0n) is 13.7. The molecule has 4 rings (SSSR count). The van der Waals surface area contributed by atoms with E-state index in [0.29, 0.717) is 10.8 Å². The van der Waals surface area contributed by atoms with Gasteiger partial charge in [0.1, 0.15) is 5.69 Å². The SMILES string of the molecule is Cc1sc(NC(=O)c2cnnn2C)nc1-c1cccc2ccccc12. The molecule has 2 aromatic carbocycles. The van der Waals surface area contributed by atoms with Crippen molar-refractivity contribution in [1.29, 1.82) is 0 Å². The van der Waals surface area contributed by atoms with Crippen LogP contribution in [0, 0.1) is 6.92 Å². The molecule has 2 aromatic heterocycles. The van der Waals surface area contributed by atoms with Crippen molar-refractivity contribution in [2.75, 3.05) is 5.32 Å². The highest BCUT2D eigenvalue weighted by Crippen LogP contribution is 2.34. The van der Waals surface area contributed by atoms with E-state index >= 15 is 0 Å². The molecule has 1 amide bonds. The van der Waals surface area contributed by atoms with Crippen LogP contribution in [0.4, 0.5) is 5.13 Å². The molecule has 0 atom stereocenters. The number of hydrogen-bond acceptors (Lipinski definition) is 5. The molecule has 0 fully saturated rings. The highest BCUT2D eigenvalue weighted by Gasteiger charge is 2.16. The second kappa shape index (κ2) is 6.10. The molecular formula is C18H15N5OS. The molecule has 6 nitrogen and oxygen atoms in total. The fourth-order valence-corrected chi connectivity index (χ4v) is 3.61. The van der Waals surface area contributed by atoms with Crippen molar-refractivity contribution in [2.24, 2.45) is 7.05 Å². The molecule has 0 aliphatic heterocycles. The molecule has 0 unspecified atom stereocenters. The van der Waals surface area contributed by atoms with E-state index in [0.717, 1.165) is 21.5 Å². The van der Waals surface area contributed by atoms with E-state index in [2.05, 4.69) is 44.9 Å². The summed E-state index contributed by atoms with van der Waals surface area (Å²) in [4.78, 5) is 18.0. The standard InChI is InChI=1S/C18H15N5OS/c1-11-16(14-9-5-7-12-6-3-4-8-13(12)14)20-18(25-11)21-17(24)15-10-19-22-23(15)2/h3-10H,1-2H3,(H,20,21,24). The zero-order valence-corrected chi connectivity index (χ0v) is 14.5. The number of amides is 1. The summed E-state index contributed by atoms with van der Waals surface area (Å²) in [6.45, 7) is 2.01.